The zero-order chi connectivity index (χ0) is 13.0. The third-order valence-corrected chi connectivity index (χ3v) is 4.27. The van der Waals surface area contributed by atoms with Gasteiger partial charge in [0.15, 0.2) is 0 Å². The summed E-state index contributed by atoms with van der Waals surface area (Å²) in [6.07, 6.45) is 9.72. The lowest BCUT2D eigenvalue weighted by Gasteiger charge is -2.19. The molecule has 1 aromatic rings. The molecule has 1 aliphatic rings. The first kappa shape index (κ1) is 13.9. The van der Waals surface area contributed by atoms with Gasteiger partial charge in [-0.15, -0.1) is 0 Å². The predicted molar refractivity (Wildman–Crippen MR) is 79.2 cm³/mol. The number of nitrogens with two attached hydrogens (primary N) is 1. The minimum atomic E-state index is -0.0436. The Bertz CT molecular complexity index is 440. The van der Waals surface area contributed by atoms with E-state index in [0.717, 1.165) is 18.4 Å². The van der Waals surface area contributed by atoms with E-state index < -0.39 is 0 Å². The number of rotatable bonds is 2. The fraction of sp³-hybridized carbons (Fsp3) is 0.467. The Morgan fingerprint density at radius 3 is 2.56 bits per heavy atom. The van der Waals surface area contributed by atoms with Gasteiger partial charge in [-0.3, -0.25) is 0 Å². The molecule has 1 atom stereocenters. The van der Waals surface area contributed by atoms with Crippen molar-refractivity contribution in [3.63, 3.8) is 0 Å². The van der Waals surface area contributed by atoms with Crippen molar-refractivity contribution in [1.82, 2.24) is 0 Å². The van der Waals surface area contributed by atoms with Crippen LogP contribution in [0.25, 0.3) is 0 Å². The Morgan fingerprint density at radius 1 is 1.00 bits per heavy atom. The molecule has 0 amide bonds. The van der Waals surface area contributed by atoms with Gasteiger partial charge in [0.1, 0.15) is 0 Å². The quantitative estimate of drug-likeness (QED) is 0.735. The van der Waals surface area contributed by atoms with Crippen molar-refractivity contribution < 1.29 is 0 Å². The number of hydrogen-bond donors (Lipinski definition) is 1. The molecular formula is C15H19Cl2N. The Labute approximate surface area is 119 Å². The van der Waals surface area contributed by atoms with Gasteiger partial charge in [-0.2, -0.15) is 0 Å². The fourth-order valence-corrected chi connectivity index (χ4v) is 2.73. The molecular weight excluding hydrogens is 265 g/mol. The maximum absolute atomic E-state index is 6.34. The Morgan fingerprint density at radius 2 is 1.78 bits per heavy atom. The third kappa shape index (κ3) is 3.50. The molecule has 0 fully saturated rings. The van der Waals surface area contributed by atoms with E-state index in [9.17, 15) is 0 Å². The summed E-state index contributed by atoms with van der Waals surface area (Å²) in [5.41, 5.74) is 8.73. The molecule has 98 valence electrons. The zero-order valence-corrected chi connectivity index (χ0v) is 12.0. The van der Waals surface area contributed by atoms with Gasteiger partial charge < -0.3 is 5.73 Å². The highest BCUT2D eigenvalue weighted by Crippen LogP contribution is 2.30. The summed E-state index contributed by atoms with van der Waals surface area (Å²) < 4.78 is 0. The molecule has 0 radical (unpaired) electrons. The monoisotopic (exact) mass is 283 g/mol. The van der Waals surface area contributed by atoms with Gasteiger partial charge >= 0.3 is 0 Å². The van der Waals surface area contributed by atoms with Gasteiger partial charge in [0, 0.05) is 0 Å². The second-order valence-corrected chi connectivity index (χ2v) is 5.70. The highest BCUT2D eigenvalue weighted by Gasteiger charge is 2.14. The number of benzene rings is 1. The van der Waals surface area contributed by atoms with Crippen molar-refractivity contribution in [2.24, 2.45) is 5.73 Å². The zero-order valence-electron chi connectivity index (χ0n) is 10.5. The Kier molecular flexibility index (Phi) is 5.11. The predicted octanol–water partition coefficient (Wildman–Crippen LogP) is 5.27. The molecule has 0 saturated heterocycles. The molecule has 0 saturated carbocycles. The van der Waals surface area contributed by atoms with Gasteiger partial charge in [0.05, 0.1) is 16.1 Å². The maximum Gasteiger partial charge on any atom is 0.0595 e. The molecule has 0 spiro atoms. The van der Waals surface area contributed by atoms with Crippen LogP contribution in [-0.4, -0.2) is 0 Å². The summed E-state index contributed by atoms with van der Waals surface area (Å²) in [5.74, 6) is 0. The highest BCUT2D eigenvalue weighted by molar-refractivity contribution is 6.42. The van der Waals surface area contributed by atoms with E-state index in [0.29, 0.717) is 10.0 Å². The number of allylic oxidation sites excluding steroid dienone is 1. The second kappa shape index (κ2) is 6.60. The molecule has 0 bridgehead atoms. The van der Waals surface area contributed by atoms with E-state index in [4.69, 9.17) is 28.9 Å². The van der Waals surface area contributed by atoms with Crippen LogP contribution in [0.2, 0.25) is 10.0 Å². The first-order valence-electron chi connectivity index (χ1n) is 6.58. The minimum Gasteiger partial charge on any atom is -0.321 e. The van der Waals surface area contributed by atoms with Crippen molar-refractivity contribution in [1.29, 1.82) is 0 Å². The summed E-state index contributed by atoms with van der Waals surface area (Å²) in [4.78, 5) is 0. The van der Waals surface area contributed by atoms with Crippen LogP contribution in [0, 0.1) is 0 Å². The van der Waals surface area contributed by atoms with Crippen molar-refractivity contribution in [2.45, 2.75) is 44.6 Å². The van der Waals surface area contributed by atoms with E-state index in [1.807, 2.05) is 18.2 Å². The maximum atomic E-state index is 6.34. The van der Waals surface area contributed by atoms with E-state index in [1.54, 1.807) is 0 Å². The molecule has 2 rings (SSSR count). The smallest absolute Gasteiger partial charge is 0.0595 e. The van der Waals surface area contributed by atoms with Crippen LogP contribution in [0.15, 0.2) is 29.8 Å². The molecule has 0 aliphatic heterocycles. The number of halogens is 2. The minimum absolute atomic E-state index is 0.0436. The molecule has 1 aromatic carbocycles. The molecule has 2 N–H and O–H groups in total. The topological polar surface area (TPSA) is 26.0 Å². The van der Waals surface area contributed by atoms with Gasteiger partial charge in [0.2, 0.25) is 0 Å². The lowest BCUT2D eigenvalue weighted by atomic mass is 9.91. The van der Waals surface area contributed by atoms with Crippen LogP contribution < -0.4 is 5.73 Å². The normalized spacial score (nSPS) is 21.6. The lowest BCUT2D eigenvalue weighted by Crippen LogP contribution is -2.14. The van der Waals surface area contributed by atoms with Crippen LogP contribution in [0.3, 0.4) is 0 Å². The Hall–Kier alpha value is -0.500. The lowest BCUT2D eigenvalue weighted by molar-refractivity contribution is 0.602. The summed E-state index contributed by atoms with van der Waals surface area (Å²) in [5, 5.41) is 1.16. The average molecular weight is 284 g/mol. The van der Waals surface area contributed by atoms with E-state index >= 15 is 0 Å². The molecule has 1 unspecified atom stereocenters. The standard InChI is InChI=1S/C15H19Cl2N/c16-13-9-8-12(10-14(13)17)15(18)11-6-4-2-1-3-5-7-11/h6,8-10,15H,1-5,7,18H2/b11-6+. The second-order valence-electron chi connectivity index (χ2n) is 4.88. The summed E-state index contributed by atoms with van der Waals surface area (Å²) in [6.45, 7) is 0. The summed E-state index contributed by atoms with van der Waals surface area (Å²) in [6, 6.07) is 5.63. The summed E-state index contributed by atoms with van der Waals surface area (Å²) >= 11 is 12.0. The van der Waals surface area contributed by atoms with Crippen molar-refractivity contribution >= 4 is 23.2 Å². The Balaban J connectivity index is 2.18. The van der Waals surface area contributed by atoms with Crippen LogP contribution in [0.4, 0.5) is 0 Å². The van der Waals surface area contributed by atoms with Gasteiger partial charge in [-0.05, 0) is 43.4 Å². The van der Waals surface area contributed by atoms with Gasteiger partial charge in [0.25, 0.3) is 0 Å². The first-order chi connectivity index (χ1) is 8.68. The largest absolute Gasteiger partial charge is 0.321 e. The van der Waals surface area contributed by atoms with Crippen LogP contribution in [0.5, 0.6) is 0 Å². The average Bonchev–Trinajstić information content (AvgIpc) is 2.31. The van der Waals surface area contributed by atoms with Crippen LogP contribution in [-0.2, 0) is 0 Å². The molecule has 18 heavy (non-hydrogen) atoms. The van der Waals surface area contributed by atoms with Gasteiger partial charge in [-0.1, -0.05) is 53.8 Å². The first-order valence-corrected chi connectivity index (χ1v) is 7.33. The van der Waals surface area contributed by atoms with Crippen molar-refractivity contribution in [3.8, 4) is 0 Å². The fourth-order valence-electron chi connectivity index (χ4n) is 2.42. The highest BCUT2D eigenvalue weighted by atomic mass is 35.5. The molecule has 1 nitrogen and oxygen atoms in total. The van der Waals surface area contributed by atoms with E-state index in [1.165, 1.54) is 31.3 Å². The van der Waals surface area contributed by atoms with Crippen molar-refractivity contribution in [2.75, 3.05) is 0 Å². The van der Waals surface area contributed by atoms with E-state index in [2.05, 4.69) is 6.08 Å². The SMILES string of the molecule is NC(/C1=C/CCCCCC1)c1ccc(Cl)c(Cl)c1. The third-order valence-electron chi connectivity index (χ3n) is 3.53. The molecule has 1 aliphatic carbocycles. The van der Waals surface area contributed by atoms with Crippen molar-refractivity contribution in [3.05, 3.63) is 45.5 Å². The van der Waals surface area contributed by atoms with Crippen LogP contribution >= 0.6 is 23.2 Å². The molecule has 3 heteroatoms. The number of hydrogen-bond acceptors (Lipinski definition) is 1. The van der Waals surface area contributed by atoms with Gasteiger partial charge in [-0.25, -0.2) is 0 Å². The molecule has 0 heterocycles. The summed E-state index contributed by atoms with van der Waals surface area (Å²) in [7, 11) is 0. The van der Waals surface area contributed by atoms with Crippen LogP contribution in [0.1, 0.15) is 50.1 Å². The van der Waals surface area contributed by atoms with E-state index in [-0.39, 0.29) is 6.04 Å². The molecule has 0 aromatic heterocycles.